The molecule has 0 spiro atoms. The van der Waals surface area contributed by atoms with Crippen molar-refractivity contribution in [2.75, 3.05) is 7.11 Å². The van der Waals surface area contributed by atoms with E-state index in [2.05, 4.69) is 15.5 Å². The summed E-state index contributed by atoms with van der Waals surface area (Å²) in [4.78, 5) is 12.4. The summed E-state index contributed by atoms with van der Waals surface area (Å²) >= 11 is 5.25. The Bertz CT molecular complexity index is 897. The third-order valence-electron chi connectivity index (χ3n) is 3.76. The second kappa shape index (κ2) is 7.35. The minimum atomic E-state index is -0.229. The molecule has 7 nitrogen and oxygen atoms in total. The van der Waals surface area contributed by atoms with E-state index >= 15 is 0 Å². The molecule has 2 heterocycles. The third-order valence-corrected chi connectivity index (χ3v) is 4.07. The van der Waals surface area contributed by atoms with E-state index in [1.807, 2.05) is 37.3 Å². The quantitative estimate of drug-likeness (QED) is 0.662. The van der Waals surface area contributed by atoms with Gasteiger partial charge in [0.1, 0.15) is 18.1 Å². The van der Waals surface area contributed by atoms with Crippen molar-refractivity contribution in [3.8, 4) is 17.1 Å². The molecular weight excluding hydrogens is 340 g/mol. The Morgan fingerprint density at radius 2 is 2.16 bits per heavy atom. The van der Waals surface area contributed by atoms with Crippen LogP contribution in [0.15, 0.2) is 47.1 Å². The SMILES string of the molecule is COc1ccc(-c2n[nH]c(=S)n2CC(=O)N[C@H](C)c2ccco2)cc1. The average molecular weight is 358 g/mol. The number of benzene rings is 1. The zero-order valence-electron chi connectivity index (χ0n) is 13.9. The molecule has 0 bridgehead atoms. The van der Waals surface area contributed by atoms with Gasteiger partial charge in [-0.15, -0.1) is 0 Å². The number of aromatic amines is 1. The lowest BCUT2D eigenvalue weighted by molar-refractivity contribution is -0.122. The monoisotopic (exact) mass is 358 g/mol. The number of amides is 1. The molecule has 0 aliphatic rings. The van der Waals surface area contributed by atoms with E-state index in [4.69, 9.17) is 21.4 Å². The summed E-state index contributed by atoms with van der Waals surface area (Å²) in [7, 11) is 1.61. The molecule has 8 heteroatoms. The van der Waals surface area contributed by atoms with Crippen LogP contribution in [0.1, 0.15) is 18.7 Å². The maximum absolute atomic E-state index is 12.4. The maximum atomic E-state index is 12.4. The minimum absolute atomic E-state index is 0.0573. The lowest BCUT2D eigenvalue weighted by atomic mass is 10.2. The number of furan rings is 1. The molecule has 1 atom stereocenters. The van der Waals surface area contributed by atoms with E-state index in [1.54, 1.807) is 24.0 Å². The van der Waals surface area contributed by atoms with Crippen LogP contribution in [-0.2, 0) is 11.3 Å². The van der Waals surface area contributed by atoms with Crippen molar-refractivity contribution in [1.29, 1.82) is 0 Å². The molecule has 3 rings (SSSR count). The van der Waals surface area contributed by atoms with Gasteiger partial charge in [0.2, 0.25) is 5.91 Å². The van der Waals surface area contributed by atoms with Crippen molar-refractivity contribution in [3.63, 3.8) is 0 Å². The van der Waals surface area contributed by atoms with Gasteiger partial charge < -0.3 is 14.5 Å². The van der Waals surface area contributed by atoms with Crippen molar-refractivity contribution in [1.82, 2.24) is 20.1 Å². The molecule has 25 heavy (non-hydrogen) atoms. The molecule has 2 N–H and O–H groups in total. The molecule has 0 unspecified atom stereocenters. The number of carbonyl (C=O) groups is 1. The lowest BCUT2D eigenvalue weighted by Crippen LogP contribution is -2.30. The number of ether oxygens (including phenoxy) is 1. The van der Waals surface area contributed by atoms with E-state index in [9.17, 15) is 4.79 Å². The standard InChI is InChI=1S/C17H18N4O3S/c1-11(14-4-3-9-24-14)18-15(22)10-21-16(19-20-17(21)25)12-5-7-13(23-2)8-6-12/h3-9,11H,10H2,1-2H3,(H,18,22)(H,20,25)/t11-/m1/s1. The van der Waals surface area contributed by atoms with Gasteiger partial charge in [0.15, 0.2) is 10.6 Å². The van der Waals surface area contributed by atoms with E-state index in [0.717, 1.165) is 11.3 Å². The van der Waals surface area contributed by atoms with Gasteiger partial charge in [-0.3, -0.25) is 14.5 Å². The summed E-state index contributed by atoms with van der Waals surface area (Å²) in [6.07, 6.45) is 1.58. The first-order valence-corrected chi connectivity index (χ1v) is 8.11. The highest BCUT2D eigenvalue weighted by Gasteiger charge is 2.16. The second-order valence-corrected chi connectivity index (χ2v) is 5.86. The van der Waals surface area contributed by atoms with Crippen LogP contribution in [0.5, 0.6) is 5.75 Å². The van der Waals surface area contributed by atoms with Gasteiger partial charge in [0.05, 0.1) is 19.4 Å². The van der Waals surface area contributed by atoms with E-state index < -0.39 is 0 Å². The van der Waals surface area contributed by atoms with Crippen LogP contribution in [0.2, 0.25) is 0 Å². The number of nitrogens with zero attached hydrogens (tertiary/aromatic N) is 2. The van der Waals surface area contributed by atoms with Crippen molar-refractivity contribution in [2.45, 2.75) is 19.5 Å². The Hall–Kier alpha value is -2.87. The molecule has 1 amide bonds. The largest absolute Gasteiger partial charge is 0.497 e. The third kappa shape index (κ3) is 3.80. The van der Waals surface area contributed by atoms with E-state index in [0.29, 0.717) is 16.4 Å². The van der Waals surface area contributed by atoms with Gasteiger partial charge >= 0.3 is 0 Å². The molecule has 130 valence electrons. The van der Waals surface area contributed by atoms with Gasteiger partial charge in [0, 0.05) is 5.56 Å². The van der Waals surface area contributed by atoms with Gasteiger partial charge in [-0.2, -0.15) is 5.10 Å². The van der Waals surface area contributed by atoms with Gasteiger partial charge in [-0.25, -0.2) is 0 Å². The van der Waals surface area contributed by atoms with Crippen molar-refractivity contribution in [3.05, 3.63) is 53.2 Å². The predicted octanol–water partition coefficient (Wildman–Crippen LogP) is 3.09. The van der Waals surface area contributed by atoms with E-state index in [1.165, 1.54) is 0 Å². The summed E-state index contributed by atoms with van der Waals surface area (Å²) < 4.78 is 12.5. The number of H-pyrrole nitrogens is 1. The van der Waals surface area contributed by atoms with Gasteiger partial charge in [-0.05, 0) is 55.5 Å². The molecular formula is C17H18N4O3S. The number of hydrogen-bond donors (Lipinski definition) is 2. The molecule has 2 aromatic heterocycles. The first-order valence-electron chi connectivity index (χ1n) is 7.71. The molecule has 0 aliphatic heterocycles. The zero-order chi connectivity index (χ0) is 17.8. The highest BCUT2D eigenvalue weighted by atomic mass is 32.1. The summed E-state index contributed by atoms with van der Waals surface area (Å²) in [6, 6.07) is 10.8. The van der Waals surface area contributed by atoms with Crippen LogP contribution in [0.4, 0.5) is 0 Å². The number of rotatable bonds is 6. The number of carbonyl (C=O) groups excluding carboxylic acids is 1. The van der Waals surface area contributed by atoms with Crippen molar-refractivity contribution in [2.24, 2.45) is 0 Å². The minimum Gasteiger partial charge on any atom is -0.497 e. The summed E-state index contributed by atoms with van der Waals surface area (Å²) in [5.41, 5.74) is 0.833. The molecule has 0 radical (unpaired) electrons. The number of methoxy groups -OCH3 is 1. The first kappa shape index (κ1) is 17.0. The molecule has 0 saturated carbocycles. The molecule has 1 aromatic carbocycles. The Morgan fingerprint density at radius 3 is 2.80 bits per heavy atom. The Morgan fingerprint density at radius 1 is 1.40 bits per heavy atom. The Labute approximate surface area is 149 Å². The fourth-order valence-electron chi connectivity index (χ4n) is 2.46. The van der Waals surface area contributed by atoms with Crippen LogP contribution < -0.4 is 10.1 Å². The summed E-state index contributed by atoms with van der Waals surface area (Å²) in [5, 5.41) is 9.85. The molecule has 3 aromatic rings. The fourth-order valence-corrected chi connectivity index (χ4v) is 2.66. The smallest absolute Gasteiger partial charge is 0.240 e. The van der Waals surface area contributed by atoms with Gasteiger partial charge in [-0.1, -0.05) is 0 Å². The summed E-state index contributed by atoms with van der Waals surface area (Å²) in [5.74, 6) is 1.85. The average Bonchev–Trinajstić information content (AvgIpc) is 3.26. The van der Waals surface area contributed by atoms with Crippen LogP contribution >= 0.6 is 12.2 Å². The Kier molecular flexibility index (Phi) is 4.99. The molecule has 0 saturated heterocycles. The lowest BCUT2D eigenvalue weighted by Gasteiger charge is -2.12. The fraction of sp³-hybridized carbons (Fsp3) is 0.235. The van der Waals surface area contributed by atoms with Crippen molar-refractivity contribution >= 4 is 18.1 Å². The highest BCUT2D eigenvalue weighted by molar-refractivity contribution is 7.71. The predicted molar refractivity (Wildman–Crippen MR) is 94.7 cm³/mol. The van der Waals surface area contributed by atoms with Crippen LogP contribution in [0.25, 0.3) is 11.4 Å². The van der Waals surface area contributed by atoms with Crippen LogP contribution in [0.3, 0.4) is 0 Å². The highest BCUT2D eigenvalue weighted by Crippen LogP contribution is 2.21. The van der Waals surface area contributed by atoms with Crippen LogP contribution in [0, 0.1) is 4.77 Å². The van der Waals surface area contributed by atoms with Crippen LogP contribution in [-0.4, -0.2) is 27.8 Å². The zero-order valence-corrected chi connectivity index (χ0v) is 14.7. The number of aromatic nitrogens is 3. The van der Waals surface area contributed by atoms with E-state index in [-0.39, 0.29) is 18.5 Å². The normalized spacial score (nSPS) is 11.9. The number of hydrogen-bond acceptors (Lipinski definition) is 5. The Balaban J connectivity index is 1.77. The molecule has 0 aliphatic carbocycles. The number of nitrogens with one attached hydrogen (secondary N) is 2. The van der Waals surface area contributed by atoms with Crippen molar-refractivity contribution < 1.29 is 13.9 Å². The van der Waals surface area contributed by atoms with Gasteiger partial charge in [0.25, 0.3) is 0 Å². The first-order chi connectivity index (χ1) is 12.1. The second-order valence-electron chi connectivity index (χ2n) is 5.47. The topological polar surface area (TPSA) is 85.1 Å². The summed E-state index contributed by atoms with van der Waals surface area (Å²) in [6.45, 7) is 1.91. The molecule has 0 fully saturated rings. The maximum Gasteiger partial charge on any atom is 0.240 e.